The normalized spacial score (nSPS) is 13.5. The van der Waals surface area contributed by atoms with Crippen molar-refractivity contribution in [1.82, 2.24) is 14.8 Å². The summed E-state index contributed by atoms with van der Waals surface area (Å²) in [7, 11) is -2.32. The van der Waals surface area contributed by atoms with E-state index < -0.39 is 22.8 Å². The molecular formula is C29H24F2N4O4S2. The van der Waals surface area contributed by atoms with Gasteiger partial charge >= 0.3 is 5.97 Å². The highest BCUT2D eigenvalue weighted by Crippen LogP contribution is 2.46. The second-order valence-corrected chi connectivity index (χ2v) is 11.6. The highest BCUT2D eigenvalue weighted by Gasteiger charge is 2.34. The molecule has 0 bridgehead atoms. The number of benzene rings is 3. The molecule has 12 heteroatoms. The smallest absolute Gasteiger partial charge is 0.355 e. The highest BCUT2D eigenvalue weighted by molar-refractivity contribution is 7.82. The number of carboxylic acid groups (broad SMARTS) is 1. The molecule has 0 spiro atoms. The number of aromatic nitrogens is 3. The molecule has 6 rings (SSSR count). The van der Waals surface area contributed by atoms with E-state index in [0.717, 1.165) is 35.2 Å². The Morgan fingerprint density at radius 3 is 2.39 bits per heavy atom. The molecule has 1 aliphatic carbocycles. The van der Waals surface area contributed by atoms with E-state index in [-0.39, 0.29) is 27.8 Å². The van der Waals surface area contributed by atoms with Gasteiger partial charge in [-0.1, -0.05) is 40.6 Å². The number of carboxylic acids is 1. The second-order valence-electron chi connectivity index (χ2n) is 9.60. The minimum atomic E-state index is -2.32. The molecule has 41 heavy (non-hydrogen) atoms. The Balaban J connectivity index is 0.00000337. The topological polar surface area (TPSA) is 141 Å². The maximum atomic E-state index is 14.7. The summed E-state index contributed by atoms with van der Waals surface area (Å²) < 4.78 is 42.1. The molecule has 8 nitrogen and oxygen atoms in total. The lowest BCUT2D eigenvalue weighted by Crippen LogP contribution is -2.06. The van der Waals surface area contributed by atoms with Gasteiger partial charge in [-0.15, -0.1) is 16.5 Å². The van der Waals surface area contributed by atoms with Crippen LogP contribution in [0.5, 0.6) is 0 Å². The van der Waals surface area contributed by atoms with Crippen LogP contribution in [0.2, 0.25) is 0 Å². The van der Waals surface area contributed by atoms with E-state index in [1.54, 1.807) is 16.8 Å². The Labute approximate surface area is 240 Å². The summed E-state index contributed by atoms with van der Waals surface area (Å²) in [5, 5.41) is 21.7. The van der Waals surface area contributed by atoms with E-state index in [1.165, 1.54) is 41.0 Å². The number of nitrogens with two attached hydrogens (primary N) is 1. The Bertz CT molecular complexity index is 1800. The van der Waals surface area contributed by atoms with Crippen LogP contribution in [0, 0.1) is 11.6 Å². The molecule has 4 N–H and O–H groups in total. The predicted molar refractivity (Wildman–Crippen MR) is 152 cm³/mol. The summed E-state index contributed by atoms with van der Waals surface area (Å²) >= 11 is 1.18. The van der Waals surface area contributed by atoms with Gasteiger partial charge in [0.05, 0.1) is 11.4 Å². The number of aromatic carboxylic acids is 1. The molecule has 1 atom stereocenters. The van der Waals surface area contributed by atoms with E-state index in [0.29, 0.717) is 28.4 Å². The van der Waals surface area contributed by atoms with Crippen molar-refractivity contribution in [2.24, 2.45) is 5.14 Å². The number of rotatable bonds is 8. The van der Waals surface area contributed by atoms with Crippen molar-refractivity contribution in [3.05, 3.63) is 106 Å². The van der Waals surface area contributed by atoms with Crippen LogP contribution in [-0.2, 0) is 21.6 Å². The average molecular weight is 595 g/mol. The third-order valence-electron chi connectivity index (χ3n) is 6.80. The van der Waals surface area contributed by atoms with Crippen LogP contribution in [0.3, 0.4) is 0 Å². The number of thiazole rings is 1. The first-order valence-electron chi connectivity index (χ1n) is 12.5. The molecule has 5 aromatic rings. The number of nitrogens with zero attached hydrogens (tertiary/aromatic N) is 3. The first-order valence-corrected chi connectivity index (χ1v) is 14.7. The molecule has 2 heterocycles. The van der Waals surface area contributed by atoms with Crippen LogP contribution >= 0.6 is 11.3 Å². The van der Waals surface area contributed by atoms with Crippen molar-refractivity contribution in [3.8, 4) is 27.5 Å². The van der Waals surface area contributed by atoms with Crippen molar-refractivity contribution in [3.63, 3.8) is 0 Å². The zero-order valence-corrected chi connectivity index (χ0v) is 23.1. The Kier molecular flexibility index (Phi) is 7.91. The fraction of sp³-hybridized carbons (Fsp3) is 0.138. The van der Waals surface area contributed by atoms with E-state index in [4.69, 9.17) is 10.2 Å². The Morgan fingerprint density at radius 2 is 1.76 bits per heavy atom. The summed E-state index contributed by atoms with van der Waals surface area (Å²) in [5.74, 6) is -1.92. The van der Waals surface area contributed by atoms with Gasteiger partial charge in [0, 0.05) is 28.8 Å². The summed E-state index contributed by atoms with van der Waals surface area (Å²) in [6.45, 7) is 0. The van der Waals surface area contributed by atoms with Gasteiger partial charge in [-0.3, -0.25) is 0 Å². The van der Waals surface area contributed by atoms with Crippen molar-refractivity contribution in [2.45, 2.75) is 30.1 Å². The monoisotopic (exact) mass is 594 g/mol. The summed E-state index contributed by atoms with van der Waals surface area (Å²) in [5.41, 5.74) is 5.26. The van der Waals surface area contributed by atoms with Crippen LogP contribution in [0.1, 0.15) is 46.1 Å². The minimum Gasteiger partial charge on any atom is -0.870 e. The van der Waals surface area contributed by atoms with Gasteiger partial charge in [0.1, 0.15) is 5.82 Å². The Hall–Kier alpha value is -4.10. The predicted octanol–water partition coefficient (Wildman–Crippen LogP) is 5.86. The third kappa shape index (κ3) is 5.72. The second kappa shape index (κ2) is 11.4. The van der Waals surface area contributed by atoms with Gasteiger partial charge in [0.2, 0.25) is 10.0 Å². The number of carbonyl (C=O) groups is 1. The fourth-order valence-corrected chi connectivity index (χ4v) is 6.07. The standard InChI is InChI=1S/C29H22F2N4O3S2.H2O/c30-21-6-2-4-19(14-21)18-3-1-5-20(13-18)26-22(11-16-7-10-25(40(32)38)23(31)12-16)27(17-8-9-17)35(34-26)29-33-24(15-39-29)28(36)37;/h1-7,10,12-15,17H,8-9,11H2,(H2,32,38)(H,36,37);1H2. The van der Waals surface area contributed by atoms with Gasteiger partial charge in [0.25, 0.3) is 0 Å². The molecule has 1 saturated carbocycles. The lowest BCUT2D eigenvalue weighted by atomic mass is 9.95. The lowest BCUT2D eigenvalue weighted by molar-refractivity contribution is 0.0691. The van der Waals surface area contributed by atoms with Crippen LogP contribution in [0.4, 0.5) is 8.78 Å². The molecule has 1 unspecified atom stereocenters. The van der Waals surface area contributed by atoms with Crippen molar-refractivity contribution >= 4 is 28.3 Å². The SMILES string of the molecule is N[SH+](=O)c1ccc(Cc2c(-c3cccc(-c4cccc(F)c4)c3)nn(-c3nc(C(=O)O)cs3)c2C2CC2)cc1F.[OH-]. The molecule has 3 aromatic carbocycles. The maximum absolute atomic E-state index is 14.7. The summed E-state index contributed by atoms with van der Waals surface area (Å²) in [6.07, 6.45) is 2.18. The zero-order chi connectivity index (χ0) is 28.0. The van der Waals surface area contributed by atoms with Crippen LogP contribution in [0.25, 0.3) is 27.5 Å². The third-order valence-corrected chi connectivity index (χ3v) is 8.46. The number of hydrogen-bond donors (Lipinski definition) is 2. The van der Waals surface area contributed by atoms with Crippen LogP contribution < -0.4 is 5.14 Å². The van der Waals surface area contributed by atoms with E-state index in [9.17, 15) is 22.9 Å². The van der Waals surface area contributed by atoms with E-state index in [1.807, 2.05) is 30.3 Å². The first-order chi connectivity index (χ1) is 19.3. The van der Waals surface area contributed by atoms with Gasteiger partial charge in [-0.05, 0) is 59.9 Å². The highest BCUT2D eigenvalue weighted by atomic mass is 32.2. The molecule has 210 valence electrons. The lowest BCUT2D eigenvalue weighted by Gasteiger charge is -2.09. The molecular weight excluding hydrogens is 570 g/mol. The summed E-state index contributed by atoms with van der Waals surface area (Å²) in [4.78, 5) is 15.8. The van der Waals surface area contributed by atoms with Crippen LogP contribution in [0.15, 0.2) is 77.0 Å². The molecule has 1 fully saturated rings. The van der Waals surface area contributed by atoms with Gasteiger partial charge in [-0.25, -0.2) is 23.2 Å². The molecule has 0 radical (unpaired) electrons. The molecule has 2 aromatic heterocycles. The van der Waals surface area contributed by atoms with Crippen LogP contribution in [-0.4, -0.2) is 31.3 Å². The number of hydrogen-bond acceptors (Lipinski definition) is 6. The molecule has 1 aliphatic rings. The van der Waals surface area contributed by atoms with E-state index in [2.05, 4.69) is 4.98 Å². The van der Waals surface area contributed by atoms with Gasteiger partial charge in [0.15, 0.2) is 22.5 Å². The zero-order valence-electron chi connectivity index (χ0n) is 21.4. The maximum Gasteiger partial charge on any atom is 0.355 e. The van der Waals surface area contributed by atoms with E-state index >= 15 is 0 Å². The molecule has 0 amide bonds. The quantitative estimate of drug-likeness (QED) is 0.170. The van der Waals surface area contributed by atoms with Crippen molar-refractivity contribution in [1.29, 1.82) is 0 Å². The van der Waals surface area contributed by atoms with Gasteiger partial charge < -0.3 is 10.6 Å². The van der Waals surface area contributed by atoms with Gasteiger partial charge in [-0.2, -0.15) is 5.10 Å². The molecule has 0 saturated heterocycles. The Morgan fingerprint density at radius 1 is 1.05 bits per heavy atom. The van der Waals surface area contributed by atoms with Crippen molar-refractivity contribution < 1.29 is 28.4 Å². The molecule has 0 aliphatic heterocycles. The minimum absolute atomic E-state index is 0. The summed E-state index contributed by atoms with van der Waals surface area (Å²) in [6, 6.07) is 18.4. The van der Waals surface area contributed by atoms with Crippen molar-refractivity contribution in [2.75, 3.05) is 0 Å². The fourth-order valence-electron chi connectivity index (χ4n) is 4.81. The number of thiol groups is 1. The average Bonchev–Trinajstić information content (AvgIpc) is 3.51. The largest absolute Gasteiger partial charge is 0.870 e. The number of halogens is 2. The first kappa shape index (κ1) is 28.4.